The van der Waals surface area contributed by atoms with Crippen molar-refractivity contribution < 1.29 is 9.18 Å². The molecule has 2 rings (SSSR count). The van der Waals surface area contributed by atoms with Crippen molar-refractivity contribution in [2.24, 2.45) is 5.73 Å². The highest BCUT2D eigenvalue weighted by atomic mass is 19.1. The van der Waals surface area contributed by atoms with Crippen molar-refractivity contribution in [2.45, 2.75) is 45.2 Å². The van der Waals surface area contributed by atoms with Crippen molar-refractivity contribution >= 4 is 11.6 Å². The first-order chi connectivity index (χ1) is 9.97. The highest BCUT2D eigenvalue weighted by Crippen LogP contribution is 2.20. The Labute approximate surface area is 125 Å². The molecule has 0 radical (unpaired) electrons. The summed E-state index contributed by atoms with van der Waals surface area (Å²) < 4.78 is 13.5. The standard InChI is InChI=1S/C16H24FN3O/c1-11(2)20-8-3-4-12(7-9-20)19-13-5-6-15(17)14(10-13)16(18)21/h5-6,10-12,19H,3-4,7-9H2,1-2H3,(H2,18,21). The Morgan fingerprint density at radius 2 is 2.14 bits per heavy atom. The van der Waals surface area contributed by atoms with Crippen LogP contribution in [-0.4, -0.2) is 36.0 Å². The summed E-state index contributed by atoms with van der Waals surface area (Å²) in [5.74, 6) is -1.30. The number of carbonyl (C=O) groups excluding carboxylic acids is 1. The fraction of sp³-hybridized carbons (Fsp3) is 0.562. The van der Waals surface area contributed by atoms with Crippen LogP contribution in [0.2, 0.25) is 0 Å². The van der Waals surface area contributed by atoms with Gasteiger partial charge in [0.2, 0.25) is 0 Å². The van der Waals surface area contributed by atoms with Gasteiger partial charge >= 0.3 is 0 Å². The van der Waals surface area contributed by atoms with Crippen molar-refractivity contribution in [3.63, 3.8) is 0 Å². The molecule has 1 atom stereocenters. The number of halogens is 1. The Morgan fingerprint density at radius 3 is 2.81 bits per heavy atom. The van der Waals surface area contributed by atoms with Crippen LogP contribution in [-0.2, 0) is 0 Å². The Kier molecular flexibility index (Phi) is 5.17. The zero-order valence-corrected chi connectivity index (χ0v) is 12.7. The smallest absolute Gasteiger partial charge is 0.251 e. The monoisotopic (exact) mass is 293 g/mol. The predicted octanol–water partition coefficient (Wildman–Crippen LogP) is 2.60. The van der Waals surface area contributed by atoms with Gasteiger partial charge in [0.1, 0.15) is 5.82 Å². The van der Waals surface area contributed by atoms with E-state index in [1.807, 2.05) is 0 Å². The minimum atomic E-state index is -0.733. The van der Waals surface area contributed by atoms with Gasteiger partial charge in [-0.2, -0.15) is 0 Å². The second-order valence-electron chi connectivity index (χ2n) is 5.96. The van der Waals surface area contributed by atoms with Crippen LogP contribution in [0.25, 0.3) is 0 Å². The summed E-state index contributed by atoms with van der Waals surface area (Å²) in [6.45, 7) is 6.60. The normalized spacial score (nSPS) is 20.3. The van der Waals surface area contributed by atoms with Crippen LogP contribution in [0, 0.1) is 5.82 Å². The van der Waals surface area contributed by atoms with Crippen LogP contribution >= 0.6 is 0 Å². The van der Waals surface area contributed by atoms with E-state index in [2.05, 4.69) is 24.1 Å². The molecule has 1 heterocycles. The van der Waals surface area contributed by atoms with E-state index in [1.54, 1.807) is 6.07 Å². The molecule has 1 aromatic rings. The molecule has 1 fully saturated rings. The summed E-state index contributed by atoms with van der Waals surface area (Å²) in [4.78, 5) is 13.7. The lowest BCUT2D eigenvalue weighted by Gasteiger charge is -2.24. The highest BCUT2D eigenvalue weighted by Gasteiger charge is 2.19. The third-order valence-electron chi connectivity index (χ3n) is 4.10. The van der Waals surface area contributed by atoms with Gasteiger partial charge in [0, 0.05) is 24.3 Å². The average Bonchev–Trinajstić information content (AvgIpc) is 2.66. The third kappa shape index (κ3) is 4.17. The molecule has 21 heavy (non-hydrogen) atoms. The number of amides is 1. The number of hydrogen-bond donors (Lipinski definition) is 2. The van der Waals surface area contributed by atoms with Gasteiger partial charge in [-0.3, -0.25) is 4.79 Å². The Morgan fingerprint density at radius 1 is 1.38 bits per heavy atom. The summed E-state index contributed by atoms with van der Waals surface area (Å²) in [6.07, 6.45) is 3.26. The molecule has 1 aliphatic rings. The molecule has 116 valence electrons. The first-order valence-electron chi connectivity index (χ1n) is 7.57. The molecule has 1 saturated heterocycles. The zero-order valence-electron chi connectivity index (χ0n) is 12.7. The number of nitrogens with zero attached hydrogens (tertiary/aromatic N) is 1. The van der Waals surface area contributed by atoms with E-state index >= 15 is 0 Å². The van der Waals surface area contributed by atoms with Crippen molar-refractivity contribution in [3.05, 3.63) is 29.6 Å². The average molecular weight is 293 g/mol. The number of benzene rings is 1. The highest BCUT2D eigenvalue weighted by molar-refractivity contribution is 5.94. The molecule has 0 bridgehead atoms. The largest absolute Gasteiger partial charge is 0.382 e. The molecular weight excluding hydrogens is 269 g/mol. The summed E-state index contributed by atoms with van der Waals surface area (Å²) >= 11 is 0. The topological polar surface area (TPSA) is 58.4 Å². The van der Waals surface area contributed by atoms with E-state index in [0.29, 0.717) is 12.1 Å². The number of anilines is 1. The lowest BCUT2D eigenvalue weighted by Crippen LogP contribution is -2.32. The van der Waals surface area contributed by atoms with Gasteiger partial charge in [-0.25, -0.2) is 4.39 Å². The molecule has 0 spiro atoms. The second kappa shape index (κ2) is 6.89. The van der Waals surface area contributed by atoms with Gasteiger partial charge in [-0.15, -0.1) is 0 Å². The van der Waals surface area contributed by atoms with Crippen molar-refractivity contribution in [2.75, 3.05) is 18.4 Å². The number of nitrogens with one attached hydrogen (secondary N) is 1. The Hall–Kier alpha value is -1.62. The van der Waals surface area contributed by atoms with Crippen molar-refractivity contribution in [1.29, 1.82) is 0 Å². The van der Waals surface area contributed by atoms with Crippen molar-refractivity contribution in [1.82, 2.24) is 4.90 Å². The number of hydrogen-bond acceptors (Lipinski definition) is 3. The van der Waals surface area contributed by atoms with E-state index in [9.17, 15) is 9.18 Å². The number of nitrogens with two attached hydrogens (primary N) is 1. The molecule has 3 N–H and O–H groups in total. The van der Waals surface area contributed by atoms with Gasteiger partial charge in [0.05, 0.1) is 5.56 Å². The number of likely N-dealkylation sites (tertiary alicyclic amines) is 1. The number of carbonyl (C=O) groups is 1. The molecule has 0 saturated carbocycles. The predicted molar refractivity (Wildman–Crippen MR) is 82.9 cm³/mol. The molecule has 4 nitrogen and oxygen atoms in total. The Bertz CT molecular complexity index is 504. The zero-order chi connectivity index (χ0) is 15.4. The number of rotatable bonds is 4. The van der Waals surface area contributed by atoms with Crippen LogP contribution < -0.4 is 11.1 Å². The van der Waals surface area contributed by atoms with Crippen molar-refractivity contribution in [3.8, 4) is 0 Å². The van der Waals surface area contributed by atoms with E-state index in [4.69, 9.17) is 5.73 Å². The summed E-state index contributed by atoms with van der Waals surface area (Å²) in [5.41, 5.74) is 5.88. The van der Waals surface area contributed by atoms with Crippen LogP contribution in [0.15, 0.2) is 18.2 Å². The lowest BCUT2D eigenvalue weighted by molar-refractivity contribution is 0.0996. The second-order valence-corrected chi connectivity index (χ2v) is 5.96. The minimum absolute atomic E-state index is 0.0579. The summed E-state index contributed by atoms with van der Waals surface area (Å²) in [5, 5.41) is 3.40. The Balaban J connectivity index is 2.01. The fourth-order valence-electron chi connectivity index (χ4n) is 2.82. The minimum Gasteiger partial charge on any atom is -0.382 e. The first kappa shape index (κ1) is 15.8. The molecule has 0 aromatic heterocycles. The maximum absolute atomic E-state index is 13.5. The molecule has 1 unspecified atom stereocenters. The maximum atomic E-state index is 13.5. The van der Waals surface area contributed by atoms with Gasteiger partial charge in [0.25, 0.3) is 5.91 Å². The van der Waals surface area contributed by atoms with E-state index < -0.39 is 11.7 Å². The molecule has 1 aliphatic heterocycles. The van der Waals surface area contributed by atoms with E-state index in [1.165, 1.54) is 12.1 Å². The van der Waals surface area contributed by atoms with Gasteiger partial charge in [-0.05, 0) is 57.9 Å². The van der Waals surface area contributed by atoms with Gasteiger partial charge in [0.15, 0.2) is 0 Å². The van der Waals surface area contributed by atoms with E-state index in [0.717, 1.165) is 38.0 Å². The summed E-state index contributed by atoms with van der Waals surface area (Å²) in [7, 11) is 0. The molecule has 1 aromatic carbocycles. The molecular formula is C16H24FN3O. The van der Waals surface area contributed by atoms with Crippen LogP contribution in [0.5, 0.6) is 0 Å². The first-order valence-corrected chi connectivity index (χ1v) is 7.57. The third-order valence-corrected chi connectivity index (χ3v) is 4.10. The van der Waals surface area contributed by atoms with Crippen LogP contribution in [0.1, 0.15) is 43.5 Å². The fourth-order valence-corrected chi connectivity index (χ4v) is 2.82. The quantitative estimate of drug-likeness (QED) is 0.897. The SMILES string of the molecule is CC(C)N1CCCC(Nc2ccc(F)c(C(N)=O)c2)CC1. The molecule has 0 aliphatic carbocycles. The maximum Gasteiger partial charge on any atom is 0.251 e. The molecule has 5 heteroatoms. The van der Waals surface area contributed by atoms with Gasteiger partial charge < -0.3 is 16.0 Å². The lowest BCUT2D eigenvalue weighted by atomic mass is 10.1. The van der Waals surface area contributed by atoms with Crippen LogP contribution in [0.4, 0.5) is 10.1 Å². The number of primary amides is 1. The summed E-state index contributed by atoms with van der Waals surface area (Å²) in [6, 6.07) is 5.37. The molecule has 1 amide bonds. The van der Waals surface area contributed by atoms with E-state index in [-0.39, 0.29) is 5.56 Å². The van der Waals surface area contributed by atoms with Gasteiger partial charge in [-0.1, -0.05) is 0 Å². The van der Waals surface area contributed by atoms with Crippen LogP contribution in [0.3, 0.4) is 0 Å².